The third-order valence-corrected chi connectivity index (χ3v) is 6.57. The number of hydrogen-bond donors (Lipinski definition) is 1. The topological polar surface area (TPSA) is 72.5 Å². The summed E-state index contributed by atoms with van der Waals surface area (Å²) in [6.45, 7) is 3.51. The summed E-state index contributed by atoms with van der Waals surface area (Å²) >= 11 is 0. The SMILES string of the molecule is CC(c1ccc(NC(=O)C(C)(C)CF)cc1)S(=O)(=O)c1ccc(OC(F)(F)F)cc1. The summed E-state index contributed by atoms with van der Waals surface area (Å²) in [5.74, 6) is -1.04. The molecule has 0 aromatic heterocycles. The highest BCUT2D eigenvalue weighted by atomic mass is 32.2. The number of alkyl halides is 4. The first kappa shape index (κ1) is 23.7. The maximum Gasteiger partial charge on any atom is 0.573 e. The van der Waals surface area contributed by atoms with Gasteiger partial charge in [0.1, 0.15) is 12.4 Å². The van der Waals surface area contributed by atoms with Gasteiger partial charge in [-0.25, -0.2) is 12.8 Å². The number of carbonyl (C=O) groups is 1. The maximum atomic E-state index is 12.9. The Kier molecular flexibility index (Phi) is 6.80. The predicted molar refractivity (Wildman–Crippen MR) is 104 cm³/mol. The van der Waals surface area contributed by atoms with E-state index in [1.54, 1.807) is 0 Å². The summed E-state index contributed by atoms with van der Waals surface area (Å²) in [6, 6.07) is 9.93. The average Bonchev–Trinajstić information content (AvgIpc) is 2.67. The molecule has 0 radical (unpaired) electrons. The quantitative estimate of drug-likeness (QED) is 0.603. The van der Waals surface area contributed by atoms with E-state index < -0.39 is 45.2 Å². The lowest BCUT2D eigenvalue weighted by Gasteiger charge is -2.20. The van der Waals surface area contributed by atoms with E-state index in [9.17, 15) is 30.8 Å². The van der Waals surface area contributed by atoms with Crippen molar-refractivity contribution in [3.63, 3.8) is 0 Å². The van der Waals surface area contributed by atoms with E-state index in [1.165, 1.54) is 45.0 Å². The molecular weight excluding hydrogens is 426 g/mol. The molecule has 5 nitrogen and oxygen atoms in total. The zero-order valence-corrected chi connectivity index (χ0v) is 17.3. The first-order chi connectivity index (χ1) is 13.8. The first-order valence-corrected chi connectivity index (χ1v) is 10.4. The Balaban J connectivity index is 2.17. The molecule has 0 spiro atoms. The Bertz CT molecular complexity index is 985. The number of rotatable bonds is 7. The molecule has 1 atom stereocenters. The lowest BCUT2D eigenvalue weighted by Crippen LogP contribution is -2.32. The van der Waals surface area contributed by atoms with Crippen LogP contribution in [0.4, 0.5) is 23.2 Å². The van der Waals surface area contributed by atoms with Crippen molar-refractivity contribution in [1.82, 2.24) is 0 Å². The smallest absolute Gasteiger partial charge is 0.406 e. The Labute approximate surface area is 172 Å². The summed E-state index contributed by atoms with van der Waals surface area (Å²) < 4.78 is 78.9. The fourth-order valence-corrected chi connectivity index (χ4v) is 3.85. The molecule has 0 saturated heterocycles. The number of anilines is 1. The third kappa shape index (κ3) is 5.71. The van der Waals surface area contributed by atoms with E-state index in [4.69, 9.17) is 0 Å². The lowest BCUT2D eigenvalue weighted by molar-refractivity contribution is -0.274. The minimum Gasteiger partial charge on any atom is -0.406 e. The normalized spacial score (nSPS) is 13.6. The summed E-state index contributed by atoms with van der Waals surface area (Å²) in [5.41, 5.74) is -0.408. The van der Waals surface area contributed by atoms with E-state index in [1.807, 2.05) is 0 Å². The van der Waals surface area contributed by atoms with Crippen molar-refractivity contribution in [1.29, 1.82) is 0 Å². The highest BCUT2D eigenvalue weighted by Gasteiger charge is 2.32. The van der Waals surface area contributed by atoms with Crippen molar-refractivity contribution in [2.75, 3.05) is 12.0 Å². The van der Waals surface area contributed by atoms with Gasteiger partial charge in [-0.2, -0.15) is 0 Å². The van der Waals surface area contributed by atoms with Crippen LogP contribution < -0.4 is 10.1 Å². The van der Waals surface area contributed by atoms with Gasteiger partial charge in [0.05, 0.1) is 15.6 Å². The molecule has 1 N–H and O–H groups in total. The maximum absolute atomic E-state index is 12.9. The number of halogens is 4. The molecule has 10 heteroatoms. The van der Waals surface area contributed by atoms with Crippen molar-refractivity contribution in [2.45, 2.75) is 37.3 Å². The Hall–Kier alpha value is -2.62. The van der Waals surface area contributed by atoms with E-state index in [-0.39, 0.29) is 4.90 Å². The van der Waals surface area contributed by atoms with Gasteiger partial charge in [0, 0.05) is 5.69 Å². The second kappa shape index (κ2) is 8.63. The van der Waals surface area contributed by atoms with Gasteiger partial charge < -0.3 is 10.1 Å². The van der Waals surface area contributed by atoms with Crippen molar-refractivity contribution in [2.24, 2.45) is 5.41 Å². The van der Waals surface area contributed by atoms with Crippen LogP contribution in [0.1, 0.15) is 31.6 Å². The molecule has 164 valence electrons. The monoisotopic (exact) mass is 447 g/mol. The largest absolute Gasteiger partial charge is 0.573 e. The molecule has 0 bridgehead atoms. The van der Waals surface area contributed by atoms with E-state index in [0.717, 1.165) is 24.3 Å². The number of sulfone groups is 1. The van der Waals surface area contributed by atoms with Gasteiger partial charge in [0.25, 0.3) is 0 Å². The van der Waals surface area contributed by atoms with Gasteiger partial charge in [-0.1, -0.05) is 12.1 Å². The number of carbonyl (C=O) groups excluding carboxylic acids is 1. The number of benzene rings is 2. The van der Waals surface area contributed by atoms with Crippen molar-refractivity contribution in [3.05, 3.63) is 54.1 Å². The lowest BCUT2D eigenvalue weighted by atomic mass is 9.94. The summed E-state index contributed by atoms with van der Waals surface area (Å²) in [7, 11) is -3.89. The zero-order chi connectivity index (χ0) is 22.7. The van der Waals surface area contributed by atoms with Gasteiger partial charge in [-0.3, -0.25) is 4.79 Å². The number of ether oxygens (including phenoxy) is 1. The number of nitrogens with one attached hydrogen (secondary N) is 1. The van der Waals surface area contributed by atoms with Crippen LogP contribution in [0, 0.1) is 5.41 Å². The Morgan fingerprint density at radius 3 is 2.03 bits per heavy atom. The third-order valence-electron chi connectivity index (χ3n) is 4.44. The van der Waals surface area contributed by atoms with Crippen LogP contribution in [0.3, 0.4) is 0 Å². The first-order valence-electron chi connectivity index (χ1n) is 8.83. The molecule has 0 heterocycles. The standard InChI is InChI=1S/C20H21F4NO4S/c1-13(14-4-6-15(7-5-14)25-18(26)19(2,3)12-21)30(27,28)17-10-8-16(9-11-17)29-20(22,23)24/h4-11,13H,12H2,1-3H3,(H,25,26). The van der Waals surface area contributed by atoms with Crippen LogP contribution in [0.2, 0.25) is 0 Å². The highest BCUT2D eigenvalue weighted by molar-refractivity contribution is 7.91. The molecule has 30 heavy (non-hydrogen) atoms. The van der Waals surface area contributed by atoms with Crippen molar-refractivity contribution >= 4 is 21.4 Å². The molecule has 0 saturated carbocycles. The molecule has 2 rings (SSSR count). The van der Waals surface area contributed by atoms with Gasteiger partial charge in [-0.05, 0) is 62.7 Å². The predicted octanol–water partition coefficient (Wildman–Crippen LogP) is 5.05. The second-order valence-electron chi connectivity index (χ2n) is 7.30. The fourth-order valence-electron chi connectivity index (χ4n) is 2.41. The van der Waals surface area contributed by atoms with Gasteiger partial charge in [0.15, 0.2) is 9.84 Å². The summed E-state index contributed by atoms with van der Waals surface area (Å²) in [5, 5.41) is 1.56. The van der Waals surface area contributed by atoms with Crippen LogP contribution in [0.15, 0.2) is 53.4 Å². The fraction of sp³-hybridized carbons (Fsp3) is 0.350. The molecule has 0 fully saturated rings. The summed E-state index contributed by atoms with van der Waals surface area (Å²) in [4.78, 5) is 11.9. The molecule has 0 aliphatic heterocycles. The molecule has 2 aromatic carbocycles. The Morgan fingerprint density at radius 2 is 1.57 bits per heavy atom. The van der Waals surface area contributed by atoms with Crippen LogP contribution in [0.25, 0.3) is 0 Å². The van der Waals surface area contributed by atoms with Gasteiger partial charge in [0.2, 0.25) is 5.91 Å². The minimum absolute atomic E-state index is 0.161. The van der Waals surface area contributed by atoms with E-state index >= 15 is 0 Å². The van der Waals surface area contributed by atoms with Crippen molar-refractivity contribution < 1.29 is 35.5 Å². The molecule has 1 amide bonds. The second-order valence-corrected chi connectivity index (χ2v) is 9.57. The molecule has 0 aliphatic carbocycles. The molecule has 1 unspecified atom stereocenters. The van der Waals surface area contributed by atoms with Crippen LogP contribution in [-0.2, 0) is 14.6 Å². The molecule has 0 aliphatic rings. The Morgan fingerprint density at radius 1 is 1.03 bits per heavy atom. The molecular formula is C20H21F4NO4S. The van der Waals surface area contributed by atoms with Crippen LogP contribution in [-0.4, -0.2) is 27.4 Å². The van der Waals surface area contributed by atoms with Crippen molar-refractivity contribution in [3.8, 4) is 5.75 Å². The minimum atomic E-state index is -4.87. The zero-order valence-electron chi connectivity index (χ0n) is 16.5. The number of amides is 1. The van der Waals surface area contributed by atoms with Crippen LogP contribution >= 0.6 is 0 Å². The van der Waals surface area contributed by atoms with Crippen LogP contribution in [0.5, 0.6) is 5.75 Å². The summed E-state index contributed by atoms with van der Waals surface area (Å²) in [6.07, 6.45) is -4.87. The van der Waals surface area contributed by atoms with E-state index in [0.29, 0.717) is 11.3 Å². The van der Waals surface area contributed by atoms with E-state index in [2.05, 4.69) is 10.1 Å². The highest BCUT2D eigenvalue weighted by Crippen LogP contribution is 2.31. The molecule has 2 aromatic rings. The number of hydrogen-bond acceptors (Lipinski definition) is 4. The van der Waals surface area contributed by atoms with Gasteiger partial charge >= 0.3 is 6.36 Å². The van der Waals surface area contributed by atoms with Gasteiger partial charge in [-0.15, -0.1) is 13.2 Å². The average molecular weight is 447 g/mol.